The summed E-state index contributed by atoms with van der Waals surface area (Å²) in [5, 5.41) is 14.3. The fraction of sp³-hybridized carbons (Fsp3) is 0.292. The maximum Gasteiger partial charge on any atom is 0.268 e. The smallest absolute Gasteiger partial charge is 0.268 e. The second-order valence-electron chi connectivity index (χ2n) is 7.97. The van der Waals surface area contributed by atoms with Crippen LogP contribution >= 0.6 is 27.5 Å². The number of aromatic nitrogens is 4. The van der Waals surface area contributed by atoms with E-state index in [0.29, 0.717) is 22.5 Å². The predicted octanol–water partition coefficient (Wildman–Crippen LogP) is 7.36. The third-order valence-corrected chi connectivity index (χ3v) is 6.77. The highest BCUT2D eigenvalue weighted by Gasteiger charge is 2.26. The third kappa shape index (κ3) is 3.94. The Bertz CT molecular complexity index is 1210. The van der Waals surface area contributed by atoms with Gasteiger partial charge in [-0.25, -0.2) is 4.68 Å². The van der Waals surface area contributed by atoms with Crippen molar-refractivity contribution in [1.29, 1.82) is 0 Å². The Morgan fingerprint density at radius 3 is 2.48 bits per heavy atom. The van der Waals surface area contributed by atoms with Crippen LogP contribution in [0.3, 0.4) is 0 Å². The van der Waals surface area contributed by atoms with Crippen molar-refractivity contribution >= 4 is 27.5 Å². The fourth-order valence-corrected chi connectivity index (χ4v) is 4.77. The minimum absolute atomic E-state index is 0.354. The molecule has 0 bridgehead atoms. The molecule has 0 aliphatic heterocycles. The van der Waals surface area contributed by atoms with Crippen LogP contribution in [0.4, 0.5) is 0 Å². The van der Waals surface area contributed by atoms with Crippen LogP contribution in [-0.4, -0.2) is 20.0 Å². The molecular formula is C24H22BrClN4O. The first-order chi connectivity index (χ1) is 15.1. The molecule has 0 unspecified atom stereocenters. The maximum atomic E-state index is 6.54. The van der Waals surface area contributed by atoms with E-state index in [1.807, 2.05) is 48.0 Å². The van der Waals surface area contributed by atoms with Gasteiger partial charge in [-0.1, -0.05) is 71.1 Å². The number of hydrogen-bond donors (Lipinski definition) is 0. The summed E-state index contributed by atoms with van der Waals surface area (Å²) in [5.74, 6) is 1.54. The van der Waals surface area contributed by atoms with Gasteiger partial charge < -0.3 is 4.42 Å². The van der Waals surface area contributed by atoms with Crippen molar-refractivity contribution in [2.75, 3.05) is 0 Å². The van der Waals surface area contributed by atoms with Gasteiger partial charge in [-0.3, -0.25) is 0 Å². The van der Waals surface area contributed by atoms with E-state index in [4.69, 9.17) is 21.1 Å². The molecule has 0 radical (unpaired) electrons. The van der Waals surface area contributed by atoms with E-state index in [-0.39, 0.29) is 0 Å². The predicted molar refractivity (Wildman–Crippen MR) is 126 cm³/mol. The molecule has 5 nitrogen and oxygen atoms in total. The van der Waals surface area contributed by atoms with E-state index in [0.717, 1.165) is 45.7 Å². The fourth-order valence-electron chi connectivity index (χ4n) is 4.29. The van der Waals surface area contributed by atoms with Crippen LogP contribution in [0.5, 0.6) is 0 Å². The van der Waals surface area contributed by atoms with Crippen molar-refractivity contribution in [3.05, 3.63) is 69.5 Å². The van der Waals surface area contributed by atoms with Gasteiger partial charge in [-0.05, 0) is 44.0 Å². The molecule has 1 fully saturated rings. The number of hydrogen-bond acceptors (Lipinski definition) is 4. The highest BCUT2D eigenvalue weighted by Crippen LogP contribution is 2.37. The number of halogens is 2. The molecule has 7 heteroatoms. The maximum absolute atomic E-state index is 6.54. The summed E-state index contributed by atoms with van der Waals surface area (Å²) in [6.45, 7) is 2.04. The summed E-state index contributed by atoms with van der Waals surface area (Å²) in [6.07, 6.45) is 5.94. The molecule has 158 valence electrons. The Hall–Kier alpha value is -2.44. The van der Waals surface area contributed by atoms with Gasteiger partial charge in [0.2, 0.25) is 5.89 Å². The lowest BCUT2D eigenvalue weighted by atomic mass is 9.89. The van der Waals surface area contributed by atoms with Crippen molar-refractivity contribution in [1.82, 2.24) is 20.0 Å². The van der Waals surface area contributed by atoms with Crippen molar-refractivity contribution < 1.29 is 4.42 Å². The lowest BCUT2D eigenvalue weighted by Crippen LogP contribution is -2.04. The molecular weight excluding hydrogens is 476 g/mol. The number of nitrogens with zero attached hydrogens (tertiary/aromatic N) is 4. The Morgan fingerprint density at radius 2 is 1.74 bits per heavy atom. The zero-order chi connectivity index (χ0) is 21.4. The van der Waals surface area contributed by atoms with Crippen molar-refractivity contribution in [2.24, 2.45) is 0 Å². The van der Waals surface area contributed by atoms with Crippen molar-refractivity contribution in [2.45, 2.75) is 44.9 Å². The lowest BCUT2D eigenvalue weighted by molar-refractivity contribution is 0.366. The lowest BCUT2D eigenvalue weighted by Gasteiger charge is -2.17. The molecule has 1 aliphatic carbocycles. The molecule has 5 rings (SSSR count). The van der Waals surface area contributed by atoms with Gasteiger partial charge in [0.1, 0.15) is 0 Å². The molecule has 1 aliphatic rings. The van der Waals surface area contributed by atoms with Crippen LogP contribution in [-0.2, 0) is 0 Å². The van der Waals surface area contributed by atoms with Crippen molar-refractivity contribution in [3.8, 4) is 28.5 Å². The van der Waals surface area contributed by atoms with E-state index in [2.05, 4.69) is 38.3 Å². The summed E-state index contributed by atoms with van der Waals surface area (Å²) in [5.41, 5.74) is 4.45. The van der Waals surface area contributed by atoms with Crippen LogP contribution in [0.25, 0.3) is 28.5 Å². The molecule has 4 aromatic rings. The number of benzene rings is 2. The standard InChI is InChI=1S/C24H22BrClN4O/c1-15-21(24-28-27-23(31-24)17-7-3-2-4-8-17)29-30(20-10-6-5-9-19(20)26)22(15)16-11-13-18(25)14-12-16/h5-6,9-14,17H,2-4,7-8H2,1H3. The second kappa shape index (κ2) is 8.60. The summed E-state index contributed by atoms with van der Waals surface area (Å²) < 4.78 is 9.04. The third-order valence-electron chi connectivity index (χ3n) is 5.92. The monoisotopic (exact) mass is 496 g/mol. The quantitative estimate of drug-likeness (QED) is 0.295. The number of para-hydroxylation sites is 1. The van der Waals surface area contributed by atoms with Gasteiger partial charge in [-0.2, -0.15) is 5.10 Å². The minimum atomic E-state index is 0.354. The van der Waals surface area contributed by atoms with E-state index in [9.17, 15) is 0 Å². The molecule has 0 N–H and O–H groups in total. The van der Waals surface area contributed by atoms with Crippen molar-refractivity contribution in [3.63, 3.8) is 0 Å². The average molecular weight is 498 g/mol. The van der Waals surface area contributed by atoms with Gasteiger partial charge in [0.05, 0.1) is 16.4 Å². The molecule has 2 aromatic carbocycles. The van der Waals surface area contributed by atoms with Crippen LogP contribution in [0, 0.1) is 6.92 Å². The first-order valence-corrected chi connectivity index (χ1v) is 11.7. The molecule has 0 amide bonds. The number of rotatable bonds is 4. The largest absolute Gasteiger partial charge is 0.419 e. The highest BCUT2D eigenvalue weighted by atomic mass is 79.9. The van der Waals surface area contributed by atoms with Crippen LogP contribution in [0.15, 0.2) is 57.4 Å². The normalized spacial score (nSPS) is 14.8. The van der Waals surface area contributed by atoms with E-state index >= 15 is 0 Å². The van der Waals surface area contributed by atoms with Gasteiger partial charge in [0.25, 0.3) is 5.89 Å². The Balaban J connectivity index is 1.64. The van der Waals surface area contributed by atoms with E-state index < -0.39 is 0 Å². The van der Waals surface area contributed by atoms with Gasteiger partial charge >= 0.3 is 0 Å². The summed E-state index contributed by atoms with van der Waals surface area (Å²) in [6, 6.07) is 15.9. The SMILES string of the molecule is Cc1c(-c2nnc(C3CCCCC3)o2)nn(-c2ccccc2Cl)c1-c1ccc(Br)cc1. The second-order valence-corrected chi connectivity index (χ2v) is 9.30. The average Bonchev–Trinajstić information content (AvgIpc) is 3.40. The topological polar surface area (TPSA) is 56.7 Å². The molecule has 0 saturated heterocycles. The summed E-state index contributed by atoms with van der Waals surface area (Å²) >= 11 is 10.1. The Kier molecular flexibility index (Phi) is 5.67. The van der Waals surface area contributed by atoms with Gasteiger partial charge in [0.15, 0.2) is 5.69 Å². The van der Waals surface area contributed by atoms with Crippen LogP contribution in [0.2, 0.25) is 5.02 Å². The van der Waals surface area contributed by atoms with Gasteiger partial charge in [-0.15, -0.1) is 10.2 Å². The Labute approximate surface area is 194 Å². The molecule has 2 aromatic heterocycles. The molecule has 2 heterocycles. The first-order valence-electron chi connectivity index (χ1n) is 10.6. The van der Waals surface area contributed by atoms with E-state index in [1.54, 1.807) is 0 Å². The van der Waals surface area contributed by atoms with Crippen LogP contribution < -0.4 is 0 Å². The summed E-state index contributed by atoms with van der Waals surface area (Å²) in [4.78, 5) is 0. The minimum Gasteiger partial charge on any atom is -0.419 e. The molecule has 0 atom stereocenters. The highest BCUT2D eigenvalue weighted by molar-refractivity contribution is 9.10. The first kappa shape index (κ1) is 20.5. The zero-order valence-corrected chi connectivity index (χ0v) is 19.5. The molecule has 31 heavy (non-hydrogen) atoms. The Morgan fingerprint density at radius 1 is 1.00 bits per heavy atom. The summed E-state index contributed by atoms with van der Waals surface area (Å²) in [7, 11) is 0. The zero-order valence-electron chi connectivity index (χ0n) is 17.2. The van der Waals surface area contributed by atoms with Gasteiger partial charge in [0, 0.05) is 21.5 Å². The van der Waals surface area contributed by atoms with E-state index in [1.165, 1.54) is 19.3 Å². The van der Waals surface area contributed by atoms with Crippen LogP contribution in [0.1, 0.15) is 49.5 Å². The molecule has 0 spiro atoms. The molecule has 1 saturated carbocycles.